The van der Waals surface area contributed by atoms with Gasteiger partial charge in [-0.15, -0.1) is 0 Å². The number of hydrogen-bond donors (Lipinski definition) is 1. The van der Waals surface area contributed by atoms with E-state index in [0.717, 1.165) is 11.3 Å². The molecule has 0 saturated heterocycles. The van der Waals surface area contributed by atoms with Gasteiger partial charge in [-0.1, -0.05) is 12.1 Å². The molecule has 13 heavy (non-hydrogen) atoms. The Morgan fingerprint density at radius 3 is 3.00 bits per heavy atom. The van der Waals surface area contributed by atoms with Gasteiger partial charge < -0.3 is 4.72 Å². The van der Waals surface area contributed by atoms with Gasteiger partial charge in [-0.05, 0) is 17.7 Å². The third-order valence-corrected chi connectivity index (χ3v) is 1.99. The number of nitriles is 1. The van der Waals surface area contributed by atoms with E-state index in [4.69, 9.17) is 5.26 Å². The zero-order chi connectivity index (χ0) is 9.68. The molecule has 0 aliphatic carbocycles. The summed E-state index contributed by atoms with van der Waals surface area (Å²) < 4.78 is 13.6. The van der Waals surface area contributed by atoms with Crippen molar-refractivity contribution in [3.63, 3.8) is 0 Å². The van der Waals surface area contributed by atoms with Crippen LogP contribution in [-0.4, -0.2) is 10.5 Å². The highest BCUT2D eigenvalue weighted by Crippen LogP contribution is 2.10. The van der Waals surface area contributed by atoms with Crippen LogP contribution in [0.4, 0.5) is 5.69 Å². The fraction of sp³-hybridized carbons (Fsp3) is 0.222. The highest BCUT2D eigenvalue weighted by atomic mass is 32.2. The number of nitrogens with zero attached hydrogens (tertiary/aromatic N) is 1. The summed E-state index contributed by atoms with van der Waals surface area (Å²) in [6.07, 6.45) is 1.95. The molecule has 0 fully saturated rings. The van der Waals surface area contributed by atoms with Gasteiger partial charge in [-0.3, -0.25) is 0 Å². The SMILES string of the molecule is CS(=O)Nc1cccc(CC#N)c1. The first-order valence-electron chi connectivity index (χ1n) is 3.78. The lowest BCUT2D eigenvalue weighted by atomic mass is 10.1. The largest absolute Gasteiger partial charge is 0.305 e. The molecule has 0 amide bonds. The lowest BCUT2D eigenvalue weighted by Crippen LogP contribution is -2.01. The van der Waals surface area contributed by atoms with Crippen LogP contribution in [0.3, 0.4) is 0 Å². The summed E-state index contributed by atoms with van der Waals surface area (Å²) in [5.41, 5.74) is 1.71. The summed E-state index contributed by atoms with van der Waals surface area (Å²) in [4.78, 5) is 0. The predicted octanol–water partition coefficient (Wildman–Crippen LogP) is 1.46. The number of hydrogen-bond acceptors (Lipinski definition) is 2. The van der Waals surface area contributed by atoms with Crippen molar-refractivity contribution in [1.82, 2.24) is 0 Å². The van der Waals surface area contributed by atoms with Crippen LogP contribution in [0.25, 0.3) is 0 Å². The van der Waals surface area contributed by atoms with Crippen LogP contribution >= 0.6 is 0 Å². The maximum Gasteiger partial charge on any atom is 0.113 e. The van der Waals surface area contributed by atoms with Gasteiger partial charge >= 0.3 is 0 Å². The van der Waals surface area contributed by atoms with E-state index in [-0.39, 0.29) is 0 Å². The van der Waals surface area contributed by atoms with Gasteiger partial charge in [0.15, 0.2) is 0 Å². The Labute approximate surface area is 80.0 Å². The first kappa shape index (κ1) is 9.75. The van der Waals surface area contributed by atoms with Gasteiger partial charge in [0.25, 0.3) is 0 Å². The Balaban J connectivity index is 2.80. The van der Waals surface area contributed by atoms with Crippen molar-refractivity contribution in [3.05, 3.63) is 29.8 Å². The molecule has 0 aromatic heterocycles. The first-order chi connectivity index (χ1) is 6.22. The average molecular weight is 194 g/mol. The topological polar surface area (TPSA) is 52.9 Å². The fourth-order valence-electron chi connectivity index (χ4n) is 1.00. The lowest BCUT2D eigenvalue weighted by molar-refractivity contribution is 0.690. The van der Waals surface area contributed by atoms with Crippen LogP contribution in [0.1, 0.15) is 5.56 Å². The van der Waals surface area contributed by atoms with Crippen LogP contribution in [0.15, 0.2) is 24.3 Å². The molecule has 68 valence electrons. The summed E-state index contributed by atoms with van der Waals surface area (Å²) in [6, 6.07) is 9.41. The van der Waals surface area contributed by atoms with Crippen molar-refractivity contribution < 1.29 is 4.21 Å². The number of rotatable bonds is 3. The van der Waals surface area contributed by atoms with Crippen molar-refractivity contribution in [2.75, 3.05) is 11.0 Å². The summed E-state index contributed by atoms with van der Waals surface area (Å²) in [5.74, 6) is 0. The molecule has 4 heteroatoms. The maximum absolute atomic E-state index is 10.8. The van der Waals surface area contributed by atoms with Crippen molar-refractivity contribution in [1.29, 1.82) is 5.26 Å². The highest BCUT2D eigenvalue weighted by molar-refractivity contribution is 7.85. The number of anilines is 1. The van der Waals surface area contributed by atoms with Gasteiger partial charge in [-0.25, -0.2) is 4.21 Å². The van der Waals surface area contributed by atoms with Crippen LogP contribution in [0, 0.1) is 11.3 Å². The van der Waals surface area contributed by atoms with E-state index in [1.165, 1.54) is 0 Å². The van der Waals surface area contributed by atoms with Crippen molar-refractivity contribution >= 4 is 16.7 Å². The van der Waals surface area contributed by atoms with Crippen LogP contribution in [0.5, 0.6) is 0 Å². The summed E-state index contributed by atoms with van der Waals surface area (Å²) in [5, 5.41) is 8.46. The van der Waals surface area contributed by atoms with Gasteiger partial charge in [0, 0.05) is 11.9 Å². The molecule has 0 bridgehead atoms. The van der Waals surface area contributed by atoms with E-state index in [2.05, 4.69) is 10.8 Å². The molecule has 0 saturated carbocycles. The molecular weight excluding hydrogens is 184 g/mol. The monoisotopic (exact) mass is 194 g/mol. The van der Waals surface area contributed by atoms with E-state index in [0.29, 0.717) is 6.42 Å². The van der Waals surface area contributed by atoms with E-state index in [9.17, 15) is 4.21 Å². The van der Waals surface area contributed by atoms with Crippen LogP contribution in [0.2, 0.25) is 0 Å². The fourth-order valence-corrected chi connectivity index (χ4v) is 1.46. The van der Waals surface area contributed by atoms with Gasteiger partial charge in [0.05, 0.1) is 12.5 Å². The quantitative estimate of drug-likeness (QED) is 0.792. The summed E-state index contributed by atoms with van der Waals surface area (Å²) in [7, 11) is -1.06. The average Bonchev–Trinajstić information content (AvgIpc) is 2.04. The molecule has 1 aromatic carbocycles. The van der Waals surface area contributed by atoms with E-state index < -0.39 is 11.0 Å². The molecule has 0 heterocycles. The van der Waals surface area contributed by atoms with Crippen molar-refractivity contribution in [2.24, 2.45) is 0 Å². The summed E-state index contributed by atoms with van der Waals surface area (Å²) >= 11 is 0. The minimum Gasteiger partial charge on any atom is -0.305 e. The molecule has 1 N–H and O–H groups in total. The second-order valence-corrected chi connectivity index (χ2v) is 3.70. The van der Waals surface area contributed by atoms with Crippen molar-refractivity contribution in [2.45, 2.75) is 6.42 Å². The zero-order valence-corrected chi connectivity index (χ0v) is 8.10. The number of benzene rings is 1. The minimum absolute atomic E-state index is 0.381. The molecule has 0 aliphatic rings. The van der Waals surface area contributed by atoms with Crippen LogP contribution < -0.4 is 4.72 Å². The van der Waals surface area contributed by atoms with Crippen LogP contribution in [-0.2, 0) is 17.4 Å². The normalized spacial score (nSPS) is 11.7. The van der Waals surface area contributed by atoms with Gasteiger partial charge in [0.2, 0.25) is 0 Å². The molecule has 0 spiro atoms. The molecule has 1 aromatic rings. The number of nitrogens with one attached hydrogen (secondary N) is 1. The molecule has 0 aliphatic heterocycles. The zero-order valence-electron chi connectivity index (χ0n) is 7.28. The molecule has 1 unspecified atom stereocenters. The third-order valence-electron chi connectivity index (χ3n) is 1.47. The molecule has 1 atom stereocenters. The molecule has 3 nitrogen and oxygen atoms in total. The molecular formula is C9H10N2OS. The Kier molecular flexibility index (Phi) is 3.47. The Hall–Kier alpha value is -1.34. The van der Waals surface area contributed by atoms with E-state index in [1.807, 2.05) is 24.3 Å². The summed E-state index contributed by atoms with van der Waals surface area (Å²) in [6.45, 7) is 0. The Morgan fingerprint density at radius 1 is 1.62 bits per heavy atom. The minimum atomic E-state index is -1.06. The molecule has 1 rings (SSSR count). The predicted molar refractivity (Wildman–Crippen MR) is 53.4 cm³/mol. The Morgan fingerprint density at radius 2 is 2.38 bits per heavy atom. The maximum atomic E-state index is 10.8. The van der Waals surface area contributed by atoms with Crippen molar-refractivity contribution in [3.8, 4) is 6.07 Å². The van der Waals surface area contributed by atoms with E-state index >= 15 is 0 Å². The highest BCUT2D eigenvalue weighted by Gasteiger charge is 1.95. The van der Waals surface area contributed by atoms with Gasteiger partial charge in [0.1, 0.15) is 11.0 Å². The second kappa shape index (κ2) is 4.63. The van der Waals surface area contributed by atoms with E-state index in [1.54, 1.807) is 6.26 Å². The smallest absolute Gasteiger partial charge is 0.113 e. The third kappa shape index (κ3) is 3.26. The first-order valence-corrected chi connectivity index (χ1v) is 5.34. The lowest BCUT2D eigenvalue weighted by Gasteiger charge is -2.02. The second-order valence-electron chi connectivity index (χ2n) is 2.59. The Bertz CT molecular complexity index is 357. The standard InChI is InChI=1S/C9H10N2OS/c1-13(12)11-9-4-2-3-8(7-9)5-6-10/h2-4,7,11H,5H2,1H3. The molecule has 0 radical (unpaired) electrons. The van der Waals surface area contributed by atoms with Gasteiger partial charge in [-0.2, -0.15) is 5.26 Å².